The average molecular weight is 250 g/mol. The number of carbonyl (C=O) groups excluding carboxylic acids is 1. The third kappa shape index (κ3) is 3.45. The van der Waals surface area contributed by atoms with Gasteiger partial charge in [0.05, 0.1) is 11.8 Å². The summed E-state index contributed by atoms with van der Waals surface area (Å²) in [4.78, 5) is 11.3. The van der Waals surface area contributed by atoms with Gasteiger partial charge in [-0.2, -0.15) is 5.26 Å². The third-order valence-electron chi connectivity index (χ3n) is 2.23. The zero-order valence-electron chi connectivity index (χ0n) is 10.1. The fraction of sp³-hybridized carbons (Fsp3) is 0.333. The molecule has 2 N–H and O–H groups in total. The predicted molar refractivity (Wildman–Crippen MR) is 63.7 cm³/mol. The molecule has 1 rings (SSSR count). The predicted octanol–water partition coefficient (Wildman–Crippen LogP) is 1.54. The quantitative estimate of drug-likeness (QED) is 0.610. The molecule has 0 aliphatic rings. The van der Waals surface area contributed by atoms with E-state index >= 15 is 0 Å². The Bertz CT molecular complexity index is 464. The van der Waals surface area contributed by atoms with Crippen molar-refractivity contribution in [1.29, 1.82) is 5.26 Å². The van der Waals surface area contributed by atoms with Crippen molar-refractivity contribution >= 4 is 11.6 Å². The van der Waals surface area contributed by atoms with Crippen LogP contribution in [-0.2, 0) is 14.3 Å². The summed E-state index contributed by atoms with van der Waals surface area (Å²) in [6, 6.07) is 6.29. The van der Waals surface area contributed by atoms with Gasteiger partial charge in [-0.25, -0.2) is 0 Å². The first-order chi connectivity index (χ1) is 8.62. The molecule has 0 saturated carbocycles. The minimum Gasteiger partial charge on any atom is -0.506 e. The van der Waals surface area contributed by atoms with E-state index in [2.05, 4.69) is 5.32 Å². The van der Waals surface area contributed by atoms with Crippen molar-refractivity contribution in [1.82, 2.24) is 0 Å². The number of hydrogen-bond acceptors (Lipinski definition) is 5. The van der Waals surface area contributed by atoms with Crippen LogP contribution in [0.5, 0.6) is 5.75 Å². The van der Waals surface area contributed by atoms with Gasteiger partial charge in [0.25, 0.3) is 0 Å². The molecule has 0 bridgehead atoms. The fourth-order valence-electron chi connectivity index (χ4n) is 1.43. The molecule has 0 radical (unpaired) electrons. The van der Waals surface area contributed by atoms with Crippen LogP contribution in [-0.4, -0.2) is 25.2 Å². The smallest absolute Gasteiger partial charge is 0.238 e. The molecule has 0 aliphatic carbocycles. The summed E-state index contributed by atoms with van der Waals surface area (Å²) in [5.41, 5.74) is 0.858. The number of nitrogens with zero attached hydrogens (tertiary/aromatic N) is 1. The highest BCUT2D eigenvalue weighted by atomic mass is 16.7. The van der Waals surface area contributed by atoms with Gasteiger partial charge in [-0.1, -0.05) is 6.07 Å². The lowest BCUT2D eigenvalue weighted by Gasteiger charge is -2.15. The number of phenolic OH excluding ortho intramolecular Hbond substituents is 1. The monoisotopic (exact) mass is 250 g/mol. The Kier molecular flexibility index (Phi) is 5.11. The van der Waals surface area contributed by atoms with Crippen molar-refractivity contribution < 1.29 is 19.4 Å². The highest BCUT2D eigenvalue weighted by Crippen LogP contribution is 2.28. The second-order valence-corrected chi connectivity index (χ2v) is 3.46. The minimum atomic E-state index is -0.586. The average Bonchev–Trinajstić information content (AvgIpc) is 2.35. The molecule has 0 heterocycles. The Morgan fingerprint density at radius 3 is 2.72 bits per heavy atom. The molecule has 0 atom stereocenters. The molecule has 1 amide bonds. The summed E-state index contributed by atoms with van der Waals surface area (Å²) < 4.78 is 10.1. The molecule has 96 valence electrons. The van der Waals surface area contributed by atoms with Gasteiger partial charge in [-0.05, 0) is 12.1 Å². The highest BCUT2D eigenvalue weighted by molar-refractivity contribution is 5.93. The summed E-state index contributed by atoms with van der Waals surface area (Å²) in [6.07, 6.45) is -0.862. The van der Waals surface area contributed by atoms with Crippen LogP contribution in [0.25, 0.3) is 0 Å². The second-order valence-electron chi connectivity index (χ2n) is 3.46. The number of phenols is 1. The zero-order chi connectivity index (χ0) is 13.5. The lowest BCUT2D eigenvalue weighted by atomic mass is 10.1. The van der Waals surface area contributed by atoms with Gasteiger partial charge in [0.1, 0.15) is 12.2 Å². The van der Waals surface area contributed by atoms with Crippen LogP contribution < -0.4 is 5.32 Å². The normalized spacial score (nSPS) is 10.1. The van der Waals surface area contributed by atoms with E-state index in [0.29, 0.717) is 5.56 Å². The maximum Gasteiger partial charge on any atom is 0.238 e. The van der Waals surface area contributed by atoms with Crippen LogP contribution in [0.3, 0.4) is 0 Å². The number of hydrogen-bond donors (Lipinski definition) is 2. The van der Waals surface area contributed by atoms with Crippen LogP contribution in [0.4, 0.5) is 5.69 Å². The third-order valence-corrected chi connectivity index (χ3v) is 2.23. The first-order valence-corrected chi connectivity index (χ1v) is 5.17. The first-order valence-electron chi connectivity index (χ1n) is 5.17. The Hall–Kier alpha value is -2.10. The minimum absolute atomic E-state index is 0.0870. The van der Waals surface area contributed by atoms with Crippen LogP contribution in [0.15, 0.2) is 18.2 Å². The van der Waals surface area contributed by atoms with Crippen LogP contribution in [0.2, 0.25) is 0 Å². The molecule has 1 aromatic rings. The number of methoxy groups -OCH3 is 2. The topological polar surface area (TPSA) is 91.6 Å². The molecule has 6 heteroatoms. The number of rotatable bonds is 5. The SMILES string of the molecule is COC(OC)c1ccc(O)c(NC(=O)CC#N)c1. The lowest BCUT2D eigenvalue weighted by molar-refractivity contribution is -0.115. The van der Waals surface area contributed by atoms with E-state index in [1.165, 1.54) is 26.4 Å². The summed E-state index contributed by atoms with van der Waals surface area (Å²) in [7, 11) is 2.96. The Morgan fingerprint density at radius 1 is 1.50 bits per heavy atom. The van der Waals surface area contributed by atoms with Gasteiger partial charge >= 0.3 is 0 Å². The van der Waals surface area contributed by atoms with Crippen LogP contribution in [0.1, 0.15) is 18.3 Å². The van der Waals surface area contributed by atoms with E-state index in [1.807, 2.05) is 0 Å². The number of anilines is 1. The molecule has 0 fully saturated rings. The van der Waals surface area contributed by atoms with Crippen LogP contribution in [0, 0.1) is 11.3 Å². The van der Waals surface area contributed by atoms with E-state index in [4.69, 9.17) is 14.7 Å². The summed E-state index contributed by atoms with van der Waals surface area (Å²) in [6.45, 7) is 0. The molecule has 0 aliphatic heterocycles. The summed E-state index contributed by atoms with van der Waals surface area (Å²) in [5.74, 6) is -0.577. The van der Waals surface area contributed by atoms with Crippen LogP contribution >= 0.6 is 0 Å². The molecule has 0 saturated heterocycles. The number of ether oxygens (including phenoxy) is 2. The van der Waals surface area contributed by atoms with Crippen molar-refractivity contribution in [3.63, 3.8) is 0 Å². The van der Waals surface area contributed by atoms with Crippen molar-refractivity contribution in [2.75, 3.05) is 19.5 Å². The molecule has 1 aromatic carbocycles. The highest BCUT2D eigenvalue weighted by Gasteiger charge is 2.13. The molecule has 0 spiro atoms. The van der Waals surface area contributed by atoms with Crippen molar-refractivity contribution in [3.8, 4) is 11.8 Å². The second kappa shape index (κ2) is 6.59. The molecule has 0 aromatic heterocycles. The van der Waals surface area contributed by atoms with Gasteiger partial charge < -0.3 is 19.9 Å². The van der Waals surface area contributed by atoms with E-state index in [0.717, 1.165) is 0 Å². The van der Waals surface area contributed by atoms with E-state index in [1.54, 1.807) is 12.1 Å². The number of nitrogens with one attached hydrogen (secondary N) is 1. The lowest BCUT2D eigenvalue weighted by Crippen LogP contribution is -2.11. The Balaban J connectivity index is 2.94. The maximum atomic E-state index is 11.3. The van der Waals surface area contributed by atoms with Gasteiger partial charge in [0.15, 0.2) is 6.29 Å². The van der Waals surface area contributed by atoms with Gasteiger partial charge in [-0.15, -0.1) is 0 Å². The first kappa shape index (κ1) is 14.0. The number of nitriles is 1. The molecular weight excluding hydrogens is 236 g/mol. The summed E-state index contributed by atoms with van der Waals surface area (Å²) >= 11 is 0. The molecule has 6 nitrogen and oxygen atoms in total. The standard InChI is InChI=1S/C12H14N2O4/c1-17-12(18-2)8-3-4-10(15)9(7-8)14-11(16)5-6-13/h3-4,7,12,15H,5H2,1-2H3,(H,14,16). The Labute approximate surface area is 105 Å². The molecular formula is C12H14N2O4. The van der Waals surface area contributed by atoms with Crippen molar-refractivity contribution in [2.45, 2.75) is 12.7 Å². The Morgan fingerprint density at radius 2 is 2.17 bits per heavy atom. The number of carbonyl (C=O) groups is 1. The van der Waals surface area contributed by atoms with E-state index < -0.39 is 12.2 Å². The molecule has 0 unspecified atom stereocenters. The van der Waals surface area contributed by atoms with Gasteiger partial charge in [-0.3, -0.25) is 4.79 Å². The number of aromatic hydroxyl groups is 1. The van der Waals surface area contributed by atoms with Gasteiger partial charge in [0, 0.05) is 19.8 Å². The van der Waals surface area contributed by atoms with Crippen molar-refractivity contribution in [3.05, 3.63) is 23.8 Å². The van der Waals surface area contributed by atoms with E-state index in [-0.39, 0.29) is 17.9 Å². The summed E-state index contributed by atoms with van der Waals surface area (Å²) in [5, 5.41) is 20.4. The van der Waals surface area contributed by atoms with Gasteiger partial charge in [0.2, 0.25) is 5.91 Å². The largest absolute Gasteiger partial charge is 0.506 e. The number of benzene rings is 1. The van der Waals surface area contributed by atoms with Crippen molar-refractivity contribution in [2.24, 2.45) is 0 Å². The van der Waals surface area contributed by atoms with E-state index in [9.17, 15) is 9.90 Å². The molecule has 18 heavy (non-hydrogen) atoms. The maximum absolute atomic E-state index is 11.3. The zero-order valence-corrected chi connectivity index (χ0v) is 10.1. The number of amides is 1. The fourth-order valence-corrected chi connectivity index (χ4v) is 1.43.